The molecule has 0 saturated carbocycles. The molecule has 1 atom stereocenters. The van der Waals surface area contributed by atoms with E-state index in [-0.39, 0.29) is 12.0 Å². The van der Waals surface area contributed by atoms with Crippen LogP contribution in [-0.4, -0.2) is 30.8 Å². The fourth-order valence-corrected chi connectivity index (χ4v) is 2.69. The Hall–Kier alpha value is -2.60. The lowest BCUT2D eigenvalue weighted by Crippen LogP contribution is -2.39. The molecule has 2 N–H and O–H groups in total. The topological polar surface area (TPSA) is 59.6 Å². The average molecular weight is 372 g/mol. The maximum absolute atomic E-state index is 11.8. The van der Waals surface area contributed by atoms with Crippen LogP contribution in [0.4, 0.5) is 5.69 Å². The molecule has 6 heteroatoms. The Labute approximate surface area is 159 Å². The lowest BCUT2D eigenvalue weighted by molar-refractivity contribution is 0.0600. The fourth-order valence-electron chi connectivity index (χ4n) is 2.38. The van der Waals surface area contributed by atoms with Gasteiger partial charge in [-0.25, -0.2) is 4.79 Å². The molecule has 2 aromatic carbocycles. The summed E-state index contributed by atoms with van der Waals surface area (Å²) in [6, 6.07) is 13.3. The number of thiocarbonyl (C=S) groups is 1. The molecule has 0 unspecified atom stereocenters. The molecule has 0 aliphatic heterocycles. The Kier molecular flexibility index (Phi) is 6.97. The van der Waals surface area contributed by atoms with E-state index >= 15 is 0 Å². The van der Waals surface area contributed by atoms with Crippen LogP contribution in [0.3, 0.4) is 0 Å². The zero-order valence-electron chi connectivity index (χ0n) is 15.5. The molecule has 0 aliphatic rings. The fraction of sp³-hybridized carbons (Fsp3) is 0.300. The predicted octanol–water partition coefficient (Wildman–Crippen LogP) is 3.84. The average Bonchev–Trinajstić information content (AvgIpc) is 2.62. The van der Waals surface area contributed by atoms with Gasteiger partial charge in [0.25, 0.3) is 0 Å². The van der Waals surface area contributed by atoms with Crippen molar-refractivity contribution >= 4 is 29.0 Å². The monoisotopic (exact) mass is 372 g/mol. The first-order valence-electron chi connectivity index (χ1n) is 8.35. The van der Waals surface area contributed by atoms with Crippen LogP contribution in [0.1, 0.15) is 28.4 Å². The molecule has 26 heavy (non-hydrogen) atoms. The summed E-state index contributed by atoms with van der Waals surface area (Å²) in [5.41, 5.74) is 3.25. The van der Waals surface area contributed by atoms with Gasteiger partial charge in [0.05, 0.1) is 18.7 Å². The third-order valence-corrected chi connectivity index (χ3v) is 4.11. The van der Waals surface area contributed by atoms with Gasteiger partial charge >= 0.3 is 5.97 Å². The number of carbonyl (C=O) groups is 1. The van der Waals surface area contributed by atoms with E-state index in [0.29, 0.717) is 17.3 Å². The molecule has 0 saturated heterocycles. The molecule has 0 radical (unpaired) electrons. The zero-order chi connectivity index (χ0) is 19.1. The summed E-state index contributed by atoms with van der Waals surface area (Å²) >= 11 is 5.36. The van der Waals surface area contributed by atoms with Gasteiger partial charge in [-0.2, -0.15) is 0 Å². The van der Waals surface area contributed by atoms with Crippen molar-refractivity contribution in [2.45, 2.75) is 26.8 Å². The van der Waals surface area contributed by atoms with Crippen LogP contribution in [0.25, 0.3) is 0 Å². The first kappa shape index (κ1) is 19.7. The normalized spacial score (nSPS) is 11.4. The van der Waals surface area contributed by atoms with Crippen molar-refractivity contribution in [1.82, 2.24) is 5.32 Å². The van der Waals surface area contributed by atoms with Crippen LogP contribution < -0.4 is 15.4 Å². The predicted molar refractivity (Wildman–Crippen MR) is 108 cm³/mol. The van der Waals surface area contributed by atoms with Gasteiger partial charge in [0.2, 0.25) is 0 Å². The van der Waals surface area contributed by atoms with E-state index in [1.165, 1.54) is 12.7 Å². The summed E-state index contributed by atoms with van der Waals surface area (Å²) in [5.74, 6) is 0.453. The second-order valence-electron chi connectivity index (χ2n) is 6.09. The number of esters is 1. The third-order valence-electron chi connectivity index (χ3n) is 3.89. The van der Waals surface area contributed by atoms with E-state index in [0.717, 1.165) is 17.0 Å². The number of carbonyl (C=O) groups excluding carboxylic acids is 1. The van der Waals surface area contributed by atoms with Crippen molar-refractivity contribution in [3.8, 4) is 5.75 Å². The summed E-state index contributed by atoms with van der Waals surface area (Å²) < 4.78 is 10.5. The number of hydrogen-bond donors (Lipinski definition) is 2. The van der Waals surface area contributed by atoms with Gasteiger partial charge in [0.1, 0.15) is 12.4 Å². The highest BCUT2D eigenvalue weighted by Crippen LogP contribution is 2.19. The highest BCUT2D eigenvalue weighted by molar-refractivity contribution is 7.80. The Morgan fingerprint density at radius 2 is 1.85 bits per heavy atom. The smallest absolute Gasteiger partial charge is 0.338 e. The number of aryl methyl sites for hydroxylation is 1. The van der Waals surface area contributed by atoms with Crippen LogP contribution in [0.2, 0.25) is 0 Å². The molecule has 0 heterocycles. The minimum atomic E-state index is -0.370. The largest absolute Gasteiger partial charge is 0.491 e. The SMILES string of the molecule is COC(=O)c1cccc(NC(=S)N[C@@H](C)COc2ccc(C)cc2)c1C. The van der Waals surface area contributed by atoms with Gasteiger partial charge in [-0.05, 0) is 62.8 Å². The molecule has 0 bridgehead atoms. The number of hydrogen-bond acceptors (Lipinski definition) is 4. The highest BCUT2D eigenvalue weighted by Gasteiger charge is 2.13. The van der Waals surface area contributed by atoms with Crippen molar-refractivity contribution < 1.29 is 14.3 Å². The van der Waals surface area contributed by atoms with E-state index in [1.807, 2.05) is 51.1 Å². The van der Waals surface area contributed by atoms with Crippen LogP contribution in [0.15, 0.2) is 42.5 Å². The van der Waals surface area contributed by atoms with E-state index in [9.17, 15) is 4.79 Å². The van der Waals surface area contributed by atoms with Crippen molar-refractivity contribution in [1.29, 1.82) is 0 Å². The summed E-state index contributed by atoms with van der Waals surface area (Å²) in [4.78, 5) is 11.8. The number of nitrogens with one attached hydrogen (secondary N) is 2. The first-order chi connectivity index (χ1) is 12.4. The molecule has 5 nitrogen and oxygen atoms in total. The molecular formula is C20H24N2O3S. The lowest BCUT2D eigenvalue weighted by Gasteiger charge is -2.19. The summed E-state index contributed by atoms with van der Waals surface area (Å²) in [5, 5.41) is 6.77. The van der Waals surface area contributed by atoms with Gasteiger partial charge in [-0.1, -0.05) is 23.8 Å². The molecule has 0 aliphatic carbocycles. The van der Waals surface area contributed by atoms with Crippen molar-refractivity contribution in [2.24, 2.45) is 0 Å². The number of ether oxygens (including phenoxy) is 2. The highest BCUT2D eigenvalue weighted by atomic mass is 32.1. The zero-order valence-corrected chi connectivity index (χ0v) is 16.3. The summed E-state index contributed by atoms with van der Waals surface area (Å²) in [6.07, 6.45) is 0. The first-order valence-corrected chi connectivity index (χ1v) is 8.76. The number of rotatable bonds is 6. The maximum atomic E-state index is 11.8. The second kappa shape index (κ2) is 9.20. The van der Waals surface area contributed by atoms with Gasteiger partial charge < -0.3 is 20.1 Å². The molecule has 0 fully saturated rings. The third kappa shape index (κ3) is 5.46. The van der Waals surface area contributed by atoms with Crippen LogP contribution in [-0.2, 0) is 4.74 Å². The molecule has 0 aromatic heterocycles. The number of benzene rings is 2. The maximum Gasteiger partial charge on any atom is 0.338 e. The van der Waals surface area contributed by atoms with E-state index < -0.39 is 0 Å². The minimum Gasteiger partial charge on any atom is -0.491 e. The standard InChI is InChI=1S/C20H24N2O3S/c1-13-8-10-16(11-9-13)25-12-14(2)21-20(26)22-18-7-5-6-17(15(18)3)19(23)24-4/h5-11,14H,12H2,1-4H3,(H2,21,22,26)/t14-/m0/s1. The Morgan fingerprint density at radius 3 is 2.50 bits per heavy atom. The van der Waals surface area contributed by atoms with E-state index in [2.05, 4.69) is 10.6 Å². The summed E-state index contributed by atoms with van der Waals surface area (Å²) in [6.45, 7) is 6.35. The van der Waals surface area contributed by atoms with Crippen molar-refractivity contribution in [3.63, 3.8) is 0 Å². The Balaban J connectivity index is 1.90. The molecule has 0 spiro atoms. The molecule has 138 valence electrons. The van der Waals surface area contributed by atoms with Crippen molar-refractivity contribution in [2.75, 3.05) is 19.0 Å². The minimum absolute atomic E-state index is 0.0143. The number of anilines is 1. The van der Waals surface area contributed by atoms with Crippen LogP contribution in [0, 0.1) is 13.8 Å². The van der Waals surface area contributed by atoms with E-state index in [1.54, 1.807) is 12.1 Å². The summed E-state index contributed by atoms with van der Waals surface area (Å²) in [7, 11) is 1.36. The van der Waals surface area contributed by atoms with Crippen molar-refractivity contribution in [3.05, 3.63) is 59.2 Å². The molecule has 2 rings (SSSR count). The second-order valence-corrected chi connectivity index (χ2v) is 6.50. The van der Waals surface area contributed by atoms with E-state index in [4.69, 9.17) is 21.7 Å². The number of methoxy groups -OCH3 is 1. The quantitative estimate of drug-likeness (QED) is 0.593. The van der Waals surface area contributed by atoms with Crippen LogP contribution in [0.5, 0.6) is 5.75 Å². The molecule has 0 amide bonds. The lowest BCUT2D eigenvalue weighted by atomic mass is 10.1. The Bertz CT molecular complexity index is 775. The van der Waals surface area contributed by atoms with Gasteiger partial charge in [0.15, 0.2) is 5.11 Å². The van der Waals surface area contributed by atoms with Gasteiger partial charge in [-0.3, -0.25) is 0 Å². The molecule has 2 aromatic rings. The van der Waals surface area contributed by atoms with Gasteiger partial charge in [0, 0.05) is 5.69 Å². The molecular weight excluding hydrogens is 348 g/mol. The van der Waals surface area contributed by atoms with Gasteiger partial charge in [-0.15, -0.1) is 0 Å². The van der Waals surface area contributed by atoms with Crippen LogP contribution >= 0.6 is 12.2 Å². The Morgan fingerprint density at radius 1 is 1.15 bits per heavy atom.